The van der Waals surface area contributed by atoms with Gasteiger partial charge >= 0.3 is 0 Å². The van der Waals surface area contributed by atoms with Crippen LogP contribution in [-0.4, -0.2) is 53.1 Å². The van der Waals surface area contributed by atoms with Crippen molar-refractivity contribution in [1.82, 2.24) is 4.31 Å². The zero-order valence-electron chi connectivity index (χ0n) is 18.4. The van der Waals surface area contributed by atoms with Crippen LogP contribution in [0.2, 0.25) is 5.02 Å². The summed E-state index contributed by atoms with van der Waals surface area (Å²) < 4.78 is 59.1. The monoisotopic (exact) mass is 500 g/mol. The van der Waals surface area contributed by atoms with Gasteiger partial charge in [0.2, 0.25) is 10.0 Å². The second kappa shape index (κ2) is 9.99. The quantitative estimate of drug-likeness (QED) is 0.547. The van der Waals surface area contributed by atoms with Crippen LogP contribution < -0.4 is 9.04 Å². The number of halogens is 1. The second-order valence-corrected chi connectivity index (χ2v) is 12.7. The van der Waals surface area contributed by atoms with Gasteiger partial charge in [-0.1, -0.05) is 31.5 Å². The standard InChI is InChI=1S/C22H29ClN2O5S2/c1-17(2)15-25(19-7-4-6-18(23)14-19)32(28,29)22-11-9-20(10-12-22)30-21-8-5-13-24(16-21)31(3,26)27/h4,6-7,9-12,14,17,21H,5,8,13,15-16H2,1-3H3. The van der Waals surface area contributed by atoms with Gasteiger partial charge in [0.25, 0.3) is 10.0 Å². The Hall–Kier alpha value is -1.81. The average molecular weight is 501 g/mol. The van der Waals surface area contributed by atoms with Crippen LogP contribution in [-0.2, 0) is 20.0 Å². The number of rotatable bonds is 8. The highest BCUT2D eigenvalue weighted by atomic mass is 35.5. The fraction of sp³-hybridized carbons (Fsp3) is 0.455. The molecule has 7 nitrogen and oxygen atoms in total. The topological polar surface area (TPSA) is 84.0 Å². The summed E-state index contributed by atoms with van der Waals surface area (Å²) in [7, 11) is -7.08. The molecule has 0 aromatic heterocycles. The maximum atomic E-state index is 13.4. The Bertz CT molecular complexity index is 1140. The first-order chi connectivity index (χ1) is 15.0. The summed E-state index contributed by atoms with van der Waals surface area (Å²) in [5.41, 5.74) is 0.509. The molecule has 32 heavy (non-hydrogen) atoms. The normalized spacial score (nSPS) is 18.0. The van der Waals surface area contributed by atoms with Crippen molar-refractivity contribution >= 4 is 37.3 Å². The number of hydrogen-bond acceptors (Lipinski definition) is 5. The van der Waals surface area contributed by atoms with E-state index in [1.54, 1.807) is 36.4 Å². The van der Waals surface area contributed by atoms with Gasteiger partial charge in [-0.2, -0.15) is 4.31 Å². The van der Waals surface area contributed by atoms with Crippen LogP contribution in [0.5, 0.6) is 5.75 Å². The van der Waals surface area contributed by atoms with E-state index < -0.39 is 20.0 Å². The molecule has 0 N–H and O–H groups in total. The van der Waals surface area contributed by atoms with Crippen LogP contribution in [0.1, 0.15) is 26.7 Å². The molecule has 0 radical (unpaired) electrons. The Labute approximate surface area is 196 Å². The molecule has 10 heteroatoms. The van der Waals surface area contributed by atoms with E-state index in [0.717, 1.165) is 6.42 Å². The van der Waals surface area contributed by atoms with Crippen LogP contribution in [0, 0.1) is 5.92 Å². The molecule has 0 aliphatic carbocycles. The minimum Gasteiger partial charge on any atom is -0.489 e. The summed E-state index contributed by atoms with van der Waals surface area (Å²) >= 11 is 6.09. The molecular weight excluding hydrogens is 472 g/mol. The van der Waals surface area contributed by atoms with Gasteiger partial charge in [-0.05, 0) is 61.2 Å². The number of hydrogen-bond donors (Lipinski definition) is 0. The van der Waals surface area contributed by atoms with E-state index in [1.165, 1.54) is 27.0 Å². The van der Waals surface area contributed by atoms with Crippen molar-refractivity contribution in [3.8, 4) is 5.75 Å². The lowest BCUT2D eigenvalue weighted by atomic mass is 10.1. The maximum absolute atomic E-state index is 13.4. The lowest BCUT2D eigenvalue weighted by Crippen LogP contribution is -2.43. The first kappa shape index (κ1) is 24.8. The zero-order valence-corrected chi connectivity index (χ0v) is 20.8. The van der Waals surface area contributed by atoms with E-state index in [0.29, 0.717) is 36.0 Å². The summed E-state index contributed by atoms with van der Waals surface area (Å²) in [6.07, 6.45) is 2.37. The van der Waals surface area contributed by atoms with Crippen molar-refractivity contribution in [3.63, 3.8) is 0 Å². The van der Waals surface area contributed by atoms with Crippen LogP contribution in [0.3, 0.4) is 0 Å². The van der Waals surface area contributed by atoms with E-state index in [1.807, 2.05) is 13.8 Å². The van der Waals surface area contributed by atoms with Crippen molar-refractivity contribution in [3.05, 3.63) is 53.6 Å². The molecule has 0 spiro atoms. The van der Waals surface area contributed by atoms with Gasteiger partial charge < -0.3 is 4.74 Å². The average Bonchev–Trinajstić information content (AvgIpc) is 2.72. The third-order valence-electron chi connectivity index (χ3n) is 5.15. The summed E-state index contributed by atoms with van der Waals surface area (Å²) in [4.78, 5) is 0.145. The molecular formula is C22H29ClN2O5S2. The second-order valence-electron chi connectivity index (χ2n) is 8.38. The van der Waals surface area contributed by atoms with Gasteiger partial charge in [0.1, 0.15) is 11.9 Å². The Morgan fingerprint density at radius 1 is 1.12 bits per heavy atom. The Balaban J connectivity index is 1.80. The van der Waals surface area contributed by atoms with Crippen LogP contribution in [0.4, 0.5) is 5.69 Å². The van der Waals surface area contributed by atoms with Gasteiger partial charge in [0.15, 0.2) is 0 Å². The van der Waals surface area contributed by atoms with E-state index >= 15 is 0 Å². The Morgan fingerprint density at radius 2 is 1.81 bits per heavy atom. The third kappa shape index (κ3) is 6.15. The molecule has 3 rings (SSSR count). The van der Waals surface area contributed by atoms with E-state index in [-0.39, 0.29) is 23.5 Å². The van der Waals surface area contributed by atoms with Gasteiger partial charge in [-0.15, -0.1) is 0 Å². The number of ether oxygens (including phenoxy) is 1. The van der Waals surface area contributed by atoms with E-state index in [2.05, 4.69) is 0 Å². The van der Waals surface area contributed by atoms with Gasteiger partial charge in [0, 0.05) is 18.1 Å². The third-order valence-corrected chi connectivity index (χ3v) is 8.46. The highest BCUT2D eigenvalue weighted by molar-refractivity contribution is 7.92. The van der Waals surface area contributed by atoms with Crippen molar-refractivity contribution in [2.45, 2.75) is 37.7 Å². The van der Waals surface area contributed by atoms with Crippen molar-refractivity contribution in [2.75, 3.05) is 30.2 Å². The number of benzene rings is 2. The first-order valence-corrected chi connectivity index (χ1v) is 14.1. The van der Waals surface area contributed by atoms with Crippen molar-refractivity contribution < 1.29 is 21.6 Å². The van der Waals surface area contributed by atoms with Crippen molar-refractivity contribution in [1.29, 1.82) is 0 Å². The number of nitrogens with zero attached hydrogens (tertiary/aromatic N) is 2. The predicted molar refractivity (Wildman–Crippen MR) is 127 cm³/mol. The largest absolute Gasteiger partial charge is 0.489 e. The van der Waals surface area contributed by atoms with Crippen LogP contribution in [0.15, 0.2) is 53.4 Å². The summed E-state index contributed by atoms with van der Waals surface area (Å²) in [6.45, 7) is 4.99. The molecule has 1 aliphatic heterocycles. The molecule has 1 saturated heterocycles. The SMILES string of the molecule is CC(C)CN(c1cccc(Cl)c1)S(=O)(=O)c1ccc(OC2CCCN(S(C)(=O)=O)C2)cc1. The zero-order chi connectivity index (χ0) is 23.5. The Kier molecular flexibility index (Phi) is 7.75. The molecule has 2 aromatic carbocycles. The first-order valence-electron chi connectivity index (χ1n) is 10.5. The molecule has 176 valence electrons. The highest BCUT2D eigenvalue weighted by Gasteiger charge is 2.28. The molecule has 1 unspecified atom stereocenters. The number of sulfonamides is 2. The molecule has 0 bridgehead atoms. The minimum atomic E-state index is -3.81. The highest BCUT2D eigenvalue weighted by Crippen LogP contribution is 2.29. The lowest BCUT2D eigenvalue weighted by Gasteiger charge is -2.31. The van der Waals surface area contributed by atoms with Crippen molar-refractivity contribution in [2.24, 2.45) is 5.92 Å². The van der Waals surface area contributed by atoms with Crippen LogP contribution >= 0.6 is 11.6 Å². The fourth-order valence-corrected chi connectivity index (χ4v) is 6.32. The predicted octanol–water partition coefficient (Wildman–Crippen LogP) is 3.99. The lowest BCUT2D eigenvalue weighted by molar-refractivity contribution is 0.130. The van der Waals surface area contributed by atoms with Crippen LogP contribution in [0.25, 0.3) is 0 Å². The molecule has 1 fully saturated rings. The summed E-state index contributed by atoms with van der Waals surface area (Å²) in [6, 6.07) is 13.0. The van der Waals surface area contributed by atoms with E-state index in [9.17, 15) is 16.8 Å². The van der Waals surface area contributed by atoms with Gasteiger partial charge in [-0.25, -0.2) is 16.8 Å². The molecule has 1 aliphatic rings. The molecule has 2 aromatic rings. The minimum absolute atomic E-state index is 0.107. The van der Waals surface area contributed by atoms with Gasteiger partial charge in [0.05, 0.1) is 23.4 Å². The van der Waals surface area contributed by atoms with Gasteiger partial charge in [-0.3, -0.25) is 4.31 Å². The maximum Gasteiger partial charge on any atom is 0.264 e. The molecule has 0 saturated carbocycles. The Morgan fingerprint density at radius 3 is 2.41 bits per heavy atom. The molecule has 0 amide bonds. The summed E-state index contributed by atoms with van der Waals surface area (Å²) in [5, 5.41) is 0.464. The van der Waals surface area contributed by atoms with E-state index in [4.69, 9.17) is 16.3 Å². The molecule has 1 heterocycles. The number of piperidine rings is 1. The number of anilines is 1. The summed E-state index contributed by atoms with van der Waals surface area (Å²) in [5.74, 6) is 0.609. The fourth-order valence-electron chi connectivity index (χ4n) is 3.62. The molecule has 1 atom stereocenters. The smallest absolute Gasteiger partial charge is 0.264 e.